The van der Waals surface area contributed by atoms with E-state index in [1.807, 2.05) is 0 Å². The van der Waals surface area contributed by atoms with Gasteiger partial charge < -0.3 is 35.5 Å². The Labute approximate surface area is 203 Å². The molecule has 0 aromatic heterocycles. The Balaban J connectivity index is 1.35. The number of benzene rings is 2. The van der Waals surface area contributed by atoms with Gasteiger partial charge in [0.1, 0.15) is 0 Å². The molecular formula is C22H28Cl2N4O5. The molecule has 0 heterocycles. The van der Waals surface area contributed by atoms with Crippen LogP contribution in [0.25, 0.3) is 0 Å². The van der Waals surface area contributed by atoms with Crippen molar-refractivity contribution in [1.82, 2.24) is 10.6 Å². The fraction of sp³-hybridized carbons (Fsp3) is 0.364. The highest BCUT2D eigenvalue weighted by atomic mass is 35.5. The lowest BCUT2D eigenvalue weighted by atomic mass is 10.3. The molecule has 4 N–H and O–H groups in total. The number of rotatable bonds is 14. The van der Waals surface area contributed by atoms with Crippen LogP contribution in [-0.2, 0) is 14.2 Å². The number of anilines is 2. The highest BCUT2D eigenvalue weighted by Gasteiger charge is 2.05. The number of nitrogens with one attached hydrogen (secondary N) is 4. The zero-order valence-electron chi connectivity index (χ0n) is 18.1. The van der Waals surface area contributed by atoms with Gasteiger partial charge in [-0.05, 0) is 24.3 Å². The summed E-state index contributed by atoms with van der Waals surface area (Å²) in [6, 6.07) is 13.3. The van der Waals surface area contributed by atoms with Crippen molar-refractivity contribution in [3.8, 4) is 0 Å². The first-order valence-electron chi connectivity index (χ1n) is 10.4. The maximum atomic E-state index is 11.8. The van der Waals surface area contributed by atoms with E-state index in [0.717, 1.165) is 0 Å². The molecule has 33 heavy (non-hydrogen) atoms. The van der Waals surface area contributed by atoms with E-state index in [4.69, 9.17) is 37.4 Å². The third-order valence-corrected chi connectivity index (χ3v) is 4.71. The fourth-order valence-corrected chi connectivity index (χ4v) is 2.84. The number of hydrogen-bond acceptors (Lipinski definition) is 5. The van der Waals surface area contributed by atoms with Crippen molar-refractivity contribution in [3.63, 3.8) is 0 Å². The van der Waals surface area contributed by atoms with Crippen LogP contribution in [0.4, 0.5) is 21.0 Å². The molecule has 180 valence electrons. The molecule has 0 spiro atoms. The first-order chi connectivity index (χ1) is 16.1. The average Bonchev–Trinajstić information content (AvgIpc) is 2.80. The highest BCUT2D eigenvalue weighted by molar-refractivity contribution is 6.34. The van der Waals surface area contributed by atoms with Gasteiger partial charge in [0.25, 0.3) is 0 Å². The minimum absolute atomic E-state index is 0.351. The molecule has 0 aliphatic carbocycles. The summed E-state index contributed by atoms with van der Waals surface area (Å²) in [6.07, 6.45) is 0. The van der Waals surface area contributed by atoms with Gasteiger partial charge in [0, 0.05) is 13.1 Å². The molecule has 0 unspecified atom stereocenters. The molecule has 11 heteroatoms. The van der Waals surface area contributed by atoms with E-state index in [0.29, 0.717) is 74.2 Å². The molecule has 0 aliphatic rings. The SMILES string of the molecule is O=C(NCCOCCOCCOCCNC(=O)Nc1ccccc1Cl)Nc1ccccc1Cl. The third kappa shape index (κ3) is 11.7. The van der Waals surface area contributed by atoms with Gasteiger partial charge in [0.05, 0.1) is 61.1 Å². The molecular weight excluding hydrogens is 471 g/mol. The number of carbonyl (C=O) groups is 2. The molecule has 4 amide bonds. The van der Waals surface area contributed by atoms with Crippen LogP contribution in [0.1, 0.15) is 0 Å². The van der Waals surface area contributed by atoms with Crippen LogP contribution in [-0.4, -0.2) is 64.8 Å². The fourth-order valence-electron chi connectivity index (χ4n) is 2.47. The number of halogens is 2. The van der Waals surface area contributed by atoms with Crippen LogP contribution in [0.2, 0.25) is 10.0 Å². The number of urea groups is 2. The van der Waals surface area contributed by atoms with E-state index in [9.17, 15) is 9.59 Å². The second-order valence-corrected chi connectivity index (χ2v) is 7.37. The van der Waals surface area contributed by atoms with Crippen molar-refractivity contribution < 1.29 is 23.8 Å². The Morgan fingerprint density at radius 3 is 1.36 bits per heavy atom. The number of para-hydroxylation sites is 2. The first-order valence-corrected chi connectivity index (χ1v) is 11.1. The number of amides is 4. The summed E-state index contributed by atoms with van der Waals surface area (Å²) in [5.74, 6) is 0. The van der Waals surface area contributed by atoms with Crippen LogP contribution in [0.5, 0.6) is 0 Å². The lowest BCUT2D eigenvalue weighted by Gasteiger charge is -2.10. The molecule has 0 bridgehead atoms. The van der Waals surface area contributed by atoms with Crippen molar-refractivity contribution in [2.75, 3.05) is 63.4 Å². The number of carbonyl (C=O) groups excluding carboxylic acids is 2. The van der Waals surface area contributed by atoms with E-state index in [-0.39, 0.29) is 12.1 Å². The van der Waals surface area contributed by atoms with Gasteiger partial charge in [0.15, 0.2) is 0 Å². The summed E-state index contributed by atoms with van der Waals surface area (Å²) in [5.41, 5.74) is 1.09. The Morgan fingerprint density at radius 1 is 0.606 bits per heavy atom. The standard InChI is InChI=1S/C22H28Cl2N4O5/c23-17-5-1-3-7-19(17)27-21(29)25-9-11-31-13-15-33-16-14-32-12-10-26-22(30)28-20-8-4-2-6-18(20)24/h1-8H,9-16H2,(H2,25,27,29)(H2,26,28,30). The maximum absolute atomic E-state index is 11.8. The van der Waals surface area contributed by atoms with Crippen LogP contribution in [0.3, 0.4) is 0 Å². The minimum atomic E-state index is -0.351. The van der Waals surface area contributed by atoms with Crippen LogP contribution >= 0.6 is 23.2 Å². The maximum Gasteiger partial charge on any atom is 0.319 e. The second-order valence-electron chi connectivity index (χ2n) is 6.56. The van der Waals surface area contributed by atoms with Gasteiger partial charge >= 0.3 is 12.1 Å². The normalized spacial score (nSPS) is 10.5. The van der Waals surface area contributed by atoms with Gasteiger partial charge in [-0.25, -0.2) is 9.59 Å². The van der Waals surface area contributed by atoms with Crippen molar-refractivity contribution in [2.45, 2.75) is 0 Å². The third-order valence-electron chi connectivity index (χ3n) is 4.05. The predicted octanol–water partition coefficient (Wildman–Crippen LogP) is 3.99. The van der Waals surface area contributed by atoms with E-state index in [1.165, 1.54) is 0 Å². The Hall–Kier alpha value is -2.56. The summed E-state index contributed by atoms with van der Waals surface area (Å²) in [6.45, 7) is 3.05. The molecule has 0 aliphatic heterocycles. The molecule has 0 saturated carbocycles. The van der Waals surface area contributed by atoms with Gasteiger partial charge in [-0.15, -0.1) is 0 Å². The van der Waals surface area contributed by atoms with Crippen LogP contribution < -0.4 is 21.3 Å². The quantitative estimate of drug-likeness (QED) is 0.294. The van der Waals surface area contributed by atoms with Crippen molar-refractivity contribution in [3.05, 3.63) is 58.6 Å². The van der Waals surface area contributed by atoms with Crippen molar-refractivity contribution >= 4 is 46.6 Å². The van der Waals surface area contributed by atoms with Crippen molar-refractivity contribution in [1.29, 1.82) is 0 Å². The average molecular weight is 499 g/mol. The van der Waals surface area contributed by atoms with E-state index < -0.39 is 0 Å². The monoisotopic (exact) mass is 498 g/mol. The summed E-state index contributed by atoms with van der Waals surface area (Å²) >= 11 is 12.0. The molecule has 0 atom stereocenters. The van der Waals surface area contributed by atoms with E-state index >= 15 is 0 Å². The summed E-state index contributed by atoms with van der Waals surface area (Å²) in [5, 5.41) is 11.6. The molecule has 0 fully saturated rings. The molecule has 0 radical (unpaired) electrons. The summed E-state index contributed by atoms with van der Waals surface area (Å²) < 4.78 is 16.2. The summed E-state index contributed by atoms with van der Waals surface area (Å²) in [4.78, 5) is 23.5. The molecule has 9 nitrogen and oxygen atoms in total. The molecule has 2 aromatic rings. The second kappa shape index (κ2) is 16.1. The molecule has 0 saturated heterocycles. The molecule has 2 rings (SSSR count). The largest absolute Gasteiger partial charge is 0.377 e. The van der Waals surface area contributed by atoms with Gasteiger partial charge in [-0.1, -0.05) is 47.5 Å². The Kier molecular flexibility index (Phi) is 13.0. The lowest BCUT2D eigenvalue weighted by Crippen LogP contribution is -2.32. The Bertz CT molecular complexity index is 803. The first kappa shape index (κ1) is 26.7. The van der Waals surface area contributed by atoms with Crippen molar-refractivity contribution in [2.24, 2.45) is 0 Å². The smallest absolute Gasteiger partial charge is 0.319 e. The Morgan fingerprint density at radius 2 is 0.970 bits per heavy atom. The number of ether oxygens (including phenoxy) is 3. The zero-order chi connectivity index (χ0) is 23.7. The highest BCUT2D eigenvalue weighted by Crippen LogP contribution is 2.20. The topological polar surface area (TPSA) is 110 Å². The predicted molar refractivity (Wildman–Crippen MR) is 129 cm³/mol. The van der Waals surface area contributed by atoms with Crippen LogP contribution in [0.15, 0.2) is 48.5 Å². The van der Waals surface area contributed by atoms with Gasteiger partial charge in [-0.3, -0.25) is 0 Å². The minimum Gasteiger partial charge on any atom is -0.377 e. The molecule has 2 aromatic carbocycles. The van der Waals surface area contributed by atoms with Gasteiger partial charge in [-0.2, -0.15) is 0 Å². The lowest BCUT2D eigenvalue weighted by molar-refractivity contribution is 0.0163. The number of hydrogen-bond donors (Lipinski definition) is 4. The zero-order valence-corrected chi connectivity index (χ0v) is 19.6. The van der Waals surface area contributed by atoms with E-state index in [1.54, 1.807) is 48.5 Å². The van der Waals surface area contributed by atoms with Gasteiger partial charge in [0.2, 0.25) is 0 Å². The van der Waals surface area contributed by atoms with Crippen LogP contribution in [0, 0.1) is 0 Å². The van der Waals surface area contributed by atoms with E-state index in [2.05, 4.69) is 21.3 Å². The summed E-state index contributed by atoms with van der Waals surface area (Å²) in [7, 11) is 0.